The van der Waals surface area contributed by atoms with Crippen LogP contribution in [0.1, 0.15) is 48.5 Å². The van der Waals surface area contributed by atoms with E-state index in [1.54, 1.807) is 0 Å². The number of ether oxygens (including phenoxy) is 1. The molecule has 178 valence electrons. The average Bonchev–Trinajstić information content (AvgIpc) is 2.52. The van der Waals surface area contributed by atoms with Gasteiger partial charge in [0.2, 0.25) is 0 Å². The second-order valence-electron chi connectivity index (χ2n) is 9.96. The number of rotatable bonds is 11. The van der Waals surface area contributed by atoms with E-state index in [1.165, 1.54) is 0 Å². The van der Waals surface area contributed by atoms with Crippen molar-refractivity contribution in [1.29, 1.82) is 0 Å². The zero-order chi connectivity index (χ0) is 24.2. The van der Waals surface area contributed by atoms with Crippen LogP contribution >= 0.6 is 0 Å². The first-order valence-electron chi connectivity index (χ1n) is 10.3. The number of carbonyl (C=O) groups excluding carboxylic acids is 1. The van der Waals surface area contributed by atoms with E-state index in [1.807, 2.05) is 74.7 Å². The molecular weight excluding hydrogens is 469 g/mol. The van der Waals surface area contributed by atoms with Gasteiger partial charge in [0, 0.05) is 5.57 Å². The second-order valence-corrected chi connectivity index (χ2v) is 16.5. The van der Waals surface area contributed by atoms with Gasteiger partial charge in [-0.15, -0.1) is 0 Å². The normalized spacial score (nSPS) is 17.8. The van der Waals surface area contributed by atoms with Gasteiger partial charge in [-0.05, 0) is 52.8 Å². The van der Waals surface area contributed by atoms with Crippen molar-refractivity contribution in [3.8, 4) is 0 Å². The smallest absolute Gasteiger partial charge is 0.368 e. The molecule has 0 aliphatic heterocycles. The molecule has 0 spiro atoms. The summed E-state index contributed by atoms with van der Waals surface area (Å²) in [7, 11) is -2.38. The molecule has 0 aromatic carbocycles. The molecule has 7 nitrogen and oxygen atoms in total. The molecule has 0 aromatic rings. The highest BCUT2D eigenvalue weighted by molar-refractivity contribution is 6.69. The predicted octanol–water partition coefficient (Wildman–Crippen LogP) is -0.0682. The Morgan fingerprint density at radius 1 is 0.900 bits per heavy atom. The van der Waals surface area contributed by atoms with E-state index in [9.17, 15) is 4.79 Å². The molecule has 0 aromatic heterocycles. The molecule has 0 amide bonds. The topological polar surface area (TPSA) is 72.5 Å². The Kier molecular flexibility index (Phi) is 10.8. The predicted molar refractivity (Wildman–Crippen MR) is 136 cm³/mol. The summed E-state index contributed by atoms with van der Waals surface area (Å²) in [5.41, 5.74) is 0.0814. The molecule has 0 saturated carbocycles. The van der Waals surface area contributed by atoms with Gasteiger partial charge in [0.15, 0.2) is 18.1 Å². The molecule has 0 aliphatic rings. The van der Waals surface area contributed by atoms with Crippen LogP contribution in [0.2, 0.25) is 26.2 Å². The molecule has 12 heteroatoms. The minimum Gasteiger partial charge on any atom is -0.417 e. The lowest BCUT2D eigenvalue weighted by atomic mass is 9.84. The molecule has 0 fully saturated rings. The highest BCUT2D eigenvalue weighted by Gasteiger charge is 2.68. The first-order chi connectivity index (χ1) is 13.4. The minimum atomic E-state index is -2.31. The lowest BCUT2D eigenvalue weighted by molar-refractivity contribution is -0.435. The van der Waals surface area contributed by atoms with Crippen molar-refractivity contribution in [1.82, 2.24) is 0 Å². The van der Waals surface area contributed by atoms with Crippen LogP contribution in [-0.2, 0) is 31.7 Å². The van der Waals surface area contributed by atoms with Crippen molar-refractivity contribution >= 4 is 55.5 Å². The fraction of sp³-hybridized carbons (Fsp3) is 0.833. The summed E-state index contributed by atoms with van der Waals surface area (Å²) < 4.78 is 37.1. The lowest BCUT2D eigenvalue weighted by Crippen LogP contribution is -2.74. The quantitative estimate of drug-likeness (QED) is 0.166. The van der Waals surface area contributed by atoms with Crippen molar-refractivity contribution < 1.29 is 31.7 Å². The van der Waals surface area contributed by atoms with Crippen LogP contribution in [-0.4, -0.2) is 72.9 Å². The molecular formula is C18H44O7Si5. The van der Waals surface area contributed by atoms with Gasteiger partial charge >= 0.3 is 11.9 Å². The molecule has 0 heterocycles. The summed E-state index contributed by atoms with van der Waals surface area (Å²) in [6, 6.07) is 0. The molecule has 0 bridgehead atoms. The fourth-order valence-electron chi connectivity index (χ4n) is 3.66. The molecule has 0 N–H and O–H groups in total. The third kappa shape index (κ3) is 6.55. The molecule has 0 aliphatic carbocycles. The van der Waals surface area contributed by atoms with Gasteiger partial charge < -0.3 is 26.9 Å². The van der Waals surface area contributed by atoms with Gasteiger partial charge in [-0.2, -0.15) is 0 Å². The average molecular weight is 513 g/mol. The van der Waals surface area contributed by atoms with Gasteiger partial charge in [-0.3, -0.25) is 0 Å². The standard InChI is InChI=1S/C18H44O7Si5/c1-12(2)13(15(3,4)5)14(19)20-18(24-29-8,25-30(9,10)11)17(22-27,23-28)16(6,7)21-26/h29H2,1-11,26-28H3. The largest absolute Gasteiger partial charge is 0.417 e. The Balaban J connectivity index is 7.01. The number of esters is 1. The van der Waals surface area contributed by atoms with E-state index in [4.69, 9.17) is 26.9 Å². The van der Waals surface area contributed by atoms with Gasteiger partial charge in [0.05, 0.1) is 0 Å². The SMILES string of the molecule is C[SiH2]OC(OC(=O)C(=C(C)C)C(C)(C)C)(O[Si](C)(C)C)C(O[SiH3])(O[SiH3])C(C)(C)O[SiH3]. The molecule has 0 saturated heterocycles. The van der Waals surface area contributed by atoms with Crippen molar-refractivity contribution in [2.75, 3.05) is 0 Å². The van der Waals surface area contributed by atoms with E-state index in [0.29, 0.717) is 37.0 Å². The van der Waals surface area contributed by atoms with E-state index >= 15 is 0 Å². The van der Waals surface area contributed by atoms with Crippen LogP contribution in [0.15, 0.2) is 11.1 Å². The van der Waals surface area contributed by atoms with Crippen molar-refractivity contribution in [3.63, 3.8) is 0 Å². The maximum atomic E-state index is 13.6. The molecule has 1 unspecified atom stereocenters. The zero-order valence-electron chi connectivity index (χ0n) is 21.6. The van der Waals surface area contributed by atoms with Crippen LogP contribution in [0.3, 0.4) is 0 Å². The molecule has 0 radical (unpaired) electrons. The van der Waals surface area contributed by atoms with E-state index in [-0.39, 0.29) is 0 Å². The van der Waals surface area contributed by atoms with Crippen LogP contribution in [0.4, 0.5) is 0 Å². The van der Waals surface area contributed by atoms with Crippen LogP contribution in [0, 0.1) is 5.41 Å². The number of hydrogen-bond donors (Lipinski definition) is 0. The van der Waals surface area contributed by atoms with Gasteiger partial charge in [0.25, 0.3) is 5.79 Å². The Bertz CT molecular complexity index is 617. The number of carbonyl (C=O) groups is 1. The summed E-state index contributed by atoms with van der Waals surface area (Å²) in [5, 5.41) is 0. The third-order valence-corrected chi connectivity index (χ3v) is 8.46. The van der Waals surface area contributed by atoms with Crippen LogP contribution in [0.5, 0.6) is 0 Å². The summed E-state index contributed by atoms with van der Waals surface area (Å²) >= 11 is 0. The lowest BCUT2D eigenvalue weighted by Gasteiger charge is -2.54. The van der Waals surface area contributed by atoms with E-state index in [0.717, 1.165) is 5.57 Å². The summed E-state index contributed by atoms with van der Waals surface area (Å²) in [6.45, 7) is 21.5. The Hall–Kier alpha value is 0.0944. The second kappa shape index (κ2) is 10.8. The first kappa shape index (κ1) is 30.1. The Morgan fingerprint density at radius 3 is 1.63 bits per heavy atom. The van der Waals surface area contributed by atoms with Gasteiger partial charge in [-0.1, -0.05) is 32.9 Å². The van der Waals surface area contributed by atoms with E-state index < -0.39 is 46.8 Å². The van der Waals surface area contributed by atoms with Gasteiger partial charge in [0.1, 0.15) is 37.1 Å². The maximum Gasteiger partial charge on any atom is 0.368 e. The summed E-state index contributed by atoms with van der Waals surface area (Å²) in [5.74, 6) is -3.86. The van der Waals surface area contributed by atoms with Crippen LogP contribution < -0.4 is 0 Å². The third-order valence-electron chi connectivity index (χ3n) is 4.74. The zero-order valence-corrected chi connectivity index (χ0v) is 30.0. The van der Waals surface area contributed by atoms with Crippen molar-refractivity contribution in [2.24, 2.45) is 5.41 Å². The van der Waals surface area contributed by atoms with E-state index in [2.05, 4.69) is 0 Å². The monoisotopic (exact) mass is 512 g/mol. The molecule has 1 atom stereocenters. The molecule has 0 rings (SSSR count). The van der Waals surface area contributed by atoms with Crippen molar-refractivity contribution in [2.45, 2.75) is 92.0 Å². The first-order valence-corrected chi connectivity index (χ1v) is 18.2. The Labute approximate surface area is 195 Å². The number of allylic oxidation sites excluding steroid dienone is 1. The highest BCUT2D eigenvalue weighted by Crippen LogP contribution is 2.45. The van der Waals surface area contributed by atoms with Crippen LogP contribution in [0.25, 0.3) is 0 Å². The Morgan fingerprint density at radius 2 is 1.37 bits per heavy atom. The minimum absolute atomic E-state index is 0.305. The molecule has 30 heavy (non-hydrogen) atoms. The summed E-state index contributed by atoms with van der Waals surface area (Å²) in [4.78, 5) is 13.6. The highest BCUT2D eigenvalue weighted by atomic mass is 28.4. The van der Waals surface area contributed by atoms with Crippen molar-refractivity contribution in [3.05, 3.63) is 11.1 Å². The fourth-order valence-corrected chi connectivity index (χ4v) is 7.93. The van der Waals surface area contributed by atoms with Gasteiger partial charge in [-0.25, -0.2) is 4.79 Å². The maximum absolute atomic E-state index is 13.6. The summed E-state index contributed by atoms with van der Waals surface area (Å²) in [6.07, 6.45) is 0. The number of hydrogen-bond acceptors (Lipinski definition) is 7.